The van der Waals surface area contributed by atoms with Crippen LogP contribution in [0.5, 0.6) is 5.88 Å². The fraction of sp³-hybridized carbons (Fsp3) is 0.571. The molecule has 0 saturated carbocycles. The van der Waals surface area contributed by atoms with Crippen molar-refractivity contribution in [3.05, 3.63) is 30.0 Å². The first kappa shape index (κ1) is 20.3. The number of piperidine rings is 1. The van der Waals surface area contributed by atoms with E-state index in [-0.39, 0.29) is 11.6 Å². The van der Waals surface area contributed by atoms with Gasteiger partial charge >= 0.3 is 0 Å². The fourth-order valence-corrected chi connectivity index (χ4v) is 4.31. The number of methoxy groups -OCH3 is 1. The molecule has 0 unspecified atom stereocenters. The number of hydrogen-bond donors (Lipinski definition) is 1. The number of hydrogen-bond acceptors (Lipinski definition) is 5. The Morgan fingerprint density at radius 1 is 1.29 bits per heavy atom. The Bertz CT molecular complexity index is 839. The highest BCUT2D eigenvalue weighted by molar-refractivity contribution is 5.78. The number of carbonyl (C=O) groups excluding carboxylic acids is 1. The Kier molecular flexibility index (Phi) is 5.74. The molecule has 28 heavy (non-hydrogen) atoms. The van der Waals surface area contributed by atoms with E-state index in [0.717, 1.165) is 54.4 Å². The number of likely N-dealkylation sites (tertiary alicyclic amines) is 1. The third-order valence-electron chi connectivity index (χ3n) is 6.22. The Morgan fingerprint density at radius 2 is 2.00 bits per heavy atom. The monoisotopic (exact) mass is 386 g/mol. The third-order valence-corrected chi connectivity index (χ3v) is 6.22. The average Bonchev–Trinajstić information content (AvgIpc) is 2.65. The van der Waals surface area contributed by atoms with Gasteiger partial charge in [-0.1, -0.05) is 0 Å². The molecule has 1 saturated heterocycles. The number of amides is 1. The van der Waals surface area contributed by atoms with Gasteiger partial charge in [-0.25, -0.2) is 4.98 Å². The summed E-state index contributed by atoms with van der Waals surface area (Å²) in [5.41, 5.74) is 3.00. The molecule has 2 aromatic heterocycles. The first-order valence-electron chi connectivity index (χ1n) is 9.86. The summed E-state index contributed by atoms with van der Waals surface area (Å²) in [6.45, 7) is 9.66. The van der Waals surface area contributed by atoms with Gasteiger partial charge in [0.05, 0.1) is 43.3 Å². The highest BCUT2D eigenvalue weighted by Gasteiger charge is 2.43. The molecule has 0 radical (unpaired) electrons. The number of rotatable bonds is 5. The number of ether oxygens (including phenoxy) is 1. The van der Waals surface area contributed by atoms with Crippen LogP contribution in [0.15, 0.2) is 24.4 Å². The van der Waals surface area contributed by atoms with Gasteiger partial charge in [-0.05, 0) is 38.5 Å². The van der Waals surface area contributed by atoms with E-state index in [0.29, 0.717) is 5.88 Å². The van der Waals surface area contributed by atoms with Gasteiger partial charge in [0, 0.05) is 37.6 Å². The second-order valence-corrected chi connectivity index (χ2v) is 8.63. The number of aromatic nitrogens is 2. The number of fused-ring (bicyclic) bond motifs is 1. The van der Waals surface area contributed by atoms with Crippen LogP contribution in [0.1, 0.15) is 39.2 Å². The van der Waals surface area contributed by atoms with E-state index in [2.05, 4.69) is 36.1 Å². The quantitative estimate of drug-likeness (QED) is 0.793. The predicted molar refractivity (Wildman–Crippen MR) is 106 cm³/mol. The molecule has 7 nitrogen and oxygen atoms in total. The van der Waals surface area contributed by atoms with Gasteiger partial charge < -0.3 is 24.4 Å². The zero-order valence-corrected chi connectivity index (χ0v) is 17.2. The van der Waals surface area contributed by atoms with E-state index in [1.54, 1.807) is 7.11 Å². The lowest BCUT2D eigenvalue weighted by atomic mass is 9.92. The van der Waals surface area contributed by atoms with Gasteiger partial charge in [0.2, 0.25) is 5.88 Å². The molecule has 0 aromatic carbocycles. The highest BCUT2D eigenvalue weighted by Crippen LogP contribution is 2.31. The van der Waals surface area contributed by atoms with Crippen molar-refractivity contribution >= 4 is 17.1 Å². The molecule has 1 amide bonds. The van der Waals surface area contributed by atoms with Gasteiger partial charge in [-0.15, -0.1) is 0 Å². The van der Waals surface area contributed by atoms with Crippen LogP contribution in [0, 0.1) is 0 Å². The maximum atomic E-state index is 10.9. The van der Waals surface area contributed by atoms with Crippen LogP contribution in [0.4, 0.5) is 4.79 Å². The second-order valence-electron chi connectivity index (χ2n) is 8.63. The summed E-state index contributed by atoms with van der Waals surface area (Å²) in [6.07, 6.45) is 3.20. The summed E-state index contributed by atoms with van der Waals surface area (Å²) in [5, 5.41) is 13.4. The van der Waals surface area contributed by atoms with Crippen LogP contribution >= 0.6 is 0 Å². The van der Waals surface area contributed by atoms with E-state index < -0.39 is 6.09 Å². The van der Waals surface area contributed by atoms with Crippen molar-refractivity contribution in [3.8, 4) is 5.88 Å². The van der Waals surface area contributed by atoms with Crippen molar-refractivity contribution in [1.82, 2.24) is 15.3 Å². The SMILES string of the molecule is COc1ccc2nccc(CC[N+]3(C(C)(C)C)CCC(NC(=O)[O-])CC3)c2n1. The predicted octanol–water partition coefficient (Wildman–Crippen LogP) is 1.89. The summed E-state index contributed by atoms with van der Waals surface area (Å²) in [7, 11) is 1.62. The van der Waals surface area contributed by atoms with E-state index in [9.17, 15) is 9.90 Å². The van der Waals surface area contributed by atoms with Crippen LogP contribution in [-0.4, -0.2) is 58.9 Å². The largest absolute Gasteiger partial charge is 0.530 e. The molecule has 7 heteroatoms. The van der Waals surface area contributed by atoms with Crippen LogP contribution in [0.3, 0.4) is 0 Å². The van der Waals surface area contributed by atoms with Crippen molar-refractivity contribution < 1.29 is 19.1 Å². The van der Waals surface area contributed by atoms with Crippen LogP contribution in [0.25, 0.3) is 11.0 Å². The maximum Gasteiger partial charge on any atom is 0.213 e. The molecule has 0 atom stereocenters. The van der Waals surface area contributed by atoms with Gasteiger partial charge in [0.15, 0.2) is 0 Å². The van der Waals surface area contributed by atoms with Gasteiger partial charge in [0.25, 0.3) is 0 Å². The van der Waals surface area contributed by atoms with Crippen molar-refractivity contribution in [2.75, 3.05) is 26.7 Å². The molecule has 152 valence electrons. The summed E-state index contributed by atoms with van der Waals surface area (Å²) >= 11 is 0. The number of nitrogens with zero attached hydrogens (tertiary/aromatic N) is 3. The summed E-state index contributed by atoms with van der Waals surface area (Å²) in [4.78, 5) is 19.9. The molecule has 0 aliphatic carbocycles. The van der Waals surface area contributed by atoms with Gasteiger partial charge in [-0.2, -0.15) is 0 Å². The number of carbonyl (C=O) groups is 1. The second kappa shape index (κ2) is 7.91. The normalized spacial score (nSPS) is 22.8. The molecule has 1 fully saturated rings. The zero-order valence-electron chi connectivity index (χ0n) is 17.2. The number of quaternary nitrogens is 1. The first-order chi connectivity index (χ1) is 13.2. The molecular weight excluding hydrogens is 356 g/mol. The fourth-order valence-electron chi connectivity index (χ4n) is 4.31. The van der Waals surface area contributed by atoms with Gasteiger partial charge in [-0.3, -0.25) is 4.98 Å². The Hall–Kier alpha value is -2.41. The van der Waals surface area contributed by atoms with Crippen molar-refractivity contribution in [3.63, 3.8) is 0 Å². The Morgan fingerprint density at radius 3 is 2.61 bits per heavy atom. The van der Waals surface area contributed by atoms with Crippen LogP contribution in [-0.2, 0) is 6.42 Å². The maximum absolute atomic E-state index is 10.9. The molecule has 3 rings (SSSR count). The van der Waals surface area contributed by atoms with Crippen molar-refractivity contribution in [2.24, 2.45) is 0 Å². The van der Waals surface area contributed by atoms with E-state index >= 15 is 0 Å². The molecule has 1 aliphatic heterocycles. The minimum Gasteiger partial charge on any atom is -0.530 e. The molecular formula is C21H30N4O3. The van der Waals surface area contributed by atoms with E-state index in [1.807, 2.05) is 24.4 Å². The van der Waals surface area contributed by atoms with Crippen LogP contribution < -0.4 is 15.2 Å². The van der Waals surface area contributed by atoms with E-state index in [1.165, 1.54) is 5.56 Å². The summed E-state index contributed by atoms with van der Waals surface area (Å²) in [5.74, 6) is 0.593. The molecule has 2 aromatic rings. The highest BCUT2D eigenvalue weighted by atomic mass is 16.5. The number of carboxylic acid groups (broad SMARTS) is 1. The molecule has 3 heterocycles. The average molecular weight is 386 g/mol. The number of pyridine rings is 2. The van der Waals surface area contributed by atoms with E-state index in [4.69, 9.17) is 4.74 Å². The lowest BCUT2D eigenvalue weighted by Crippen LogP contribution is -2.66. The lowest BCUT2D eigenvalue weighted by molar-refractivity contribution is -0.974. The molecule has 1 N–H and O–H groups in total. The first-order valence-corrected chi connectivity index (χ1v) is 9.86. The van der Waals surface area contributed by atoms with Gasteiger partial charge in [0.1, 0.15) is 6.09 Å². The summed E-state index contributed by atoms with van der Waals surface area (Å²) < 4.78 is 6.24. The molecule has 0 spiro atoms. The zero-order chi connectivity index (χ0) is 20.4. The third kappa shape index (κ3) is 4.19. The minimum atomic E-state index is -1.18. The van der Waals surface area contributed by atoms with Crippen molar-refractivity contribution in [2.45, 2.75) is 51.6 Å². The smallest absolute Gasteiger partial charge is 0.213 e. The topological polar surface area (TPSA) is 87.2 Å². The standard InChI is InChI=1S/C21H30N4O3/c1-21(2,3)25(13-9-16(10-14-25)23-20(26)27)12-8-15-7-11-22-17-5-6-18(28-4)24-19(15)17/h5-7,11,16,23H,8-10,12-14H2,1-4H3. The van der Waals surface area contributed by atoms with Crippen molar-refractivity contribution in [1.29, 1.82) is 0 Å². The van der Waals surface area contributed by atoms with Crippen LogP contribution in [0.2, 0.25) is 0 Å². The Balaban J connectivity index is 1.80. The minimum absolute atomic E-state index is 0.00807. The number of nitrogens with one attached hydrogen (secondary N) is 1. The molecule has 1 aliphatic rings. The lowest BCUT2D eigenvalue weighted by Gasteiger charge is -2.52. The summed E-state index contributed by atoms with van der Waals surface area (Å²) in [6, 6.07) is 5.80. The molecule has 0 bridgehead atoms. The Labute approximate surface area is 166 Å².